The first-order valence-corrected chi connectivity index (χ1v) is 6.62. The van der Waals surface area contributed by atoms with Gasteiger partial charge in [-0.15, -0.1) is 0 Å². The third kappa shape index (κ3) is 5.49. The highest BCUT2D eigenvalue weighted by Gasteiger charge is 2.22. The molecule has 0 N–H and O–H groups in total. The minimum Gasteiger partial charge on any atom is -0.198 e. The van der Waals surface area contributed by atoms with Gasteiger partial charge in [-0.2, -0.15) is 14.4 Å². The summed E-state index contributed by atoms with van der Waals surface area (Å²) in [6.07, 6.45) is 5.63. The Kier molecular flexibility index (Phi) is 5.50. The first kappa shape index (κ1) is 12.3. The molecule has 2 nitrogen and oxygen atoms in total. The van der Waals surface area contributed by atoms with E-state index in [1.165, 1.54) is 12.5 Å². The summed E-state index contributed by atoms with van der Waals surface area (Å²) < 4.78 is 13.4. The van der Waals surface area contributed by atoms with Crippen molar-refractivity contribution in [2.45, 2.75) is 30.9 Å². The number of nitrogens with zero attached hydrogens (tertiary/aromatic N) is 2. The van der Waals surface area contributed by atoms with E-state index in [0.717, 1.165) is 12.8 Å². The van der Waals surface area contributed by atoms with Crippen LogP contribution in [0.15, 0.2) is 0 Å². The Morgan fingerprint density at radius 1 is 1.31 bits per heavy atom. The predicted molar refractivity (Wildman–Crippen MR) is 54.0 cm³/mol. The quantitative estimate of drug-likeness (QED) is 0.643. The van der Waals surface area contributed by atoms with Crippen molar-refractivity contribution in [3.8, 4) is 12.1 Å². The van der Waals surface area contributed by atoms with E-state index in [1.54, 1.807) is 0 Å². The second-order valence-electron chi connectivity index (χ2n) is 3.30. The van der Waals surface area contributed by atoms with Crippen molar-refractivity contribution in [1.29, 1.82) is 10.5 Å². The van der Waals surface area contributed by atoms with E-state index in [4.69, 9.17) is 10.5 Å². The maximum Gasteiger partial charge on any atom is 0.101 e. The number of hydrogen-bond donors (Lipinski definition) is 0. The van der Waals surface area contributed by atoms with Crippen LogP contribution in [0.1, 0.15) is 25.7 Å². The molecule has 1 unspecified atom stereocenters. The molecule has 0 saturated heterocycles. The summed E-state index contributed by atoms with van der Waals surface area (Å²) in [4.78, 5) is 0. The third-order valence-electron chi connectivity index (χ3n) is 1.83. The lowest BCUT2D eigenvalue weighted by atomic mass is 10.2. The van der Waals surface area contributed by atoms with Crippen LogP contribution in [0.25, 0.3) is 0 Å². The number of rotatable bonds is 5. The van der Waals surface area contributed by atoms with Crippen molar-refractivity contribution in [2.24, 2.45) is 0 Å². The second kappa shape index (κ2) is 5.83. The molecule has 0 spiro atoms. The van der Waals surface area contributed by atoms with Gasteiger partial charge >= 0.3 is 0 Å². The van der Waals surface area contributed by atoms with Gasteiger partial charge in [0.15, 0.2) is 0 Å². The Morgan fingerprint density at radius 3 is 2.31 bits per heavy atom. The minimum absolute atomic E-state index is 0.466. The van der Waals surface area contributed by atoms with Gasteiger partial charge < -0.3 is 0 Å². The van der Waals surface area contributed by atoms with E-state index < -0.39 is 15.7 Å². The van der Waals surface area contributed by atoms with Gasteiger partial charge in [0.2, 0.25) is 0 Å². The first-order valence-electron chi connectivity index (χ1n) is 4.20. The Bertz CT molecular complexity index is 221. The number of hydrogen-bond acceptors (Lipinski definition) is 2. The molecular weight excluding hydrogens is 187 g/mol. The zero-order chi connectivity index (χ0) is 10.3. The van der Waals surface area contributed by atoms with Gasteiger partial charge in [-0.05, 0) is 25.4 Å². The van der Waals surface area contributed by atoms with Crippen LogP contribution in [-0.4, -0.2) is 17.8 Å². The van der Waals surface area contributed by atoms with Gasteiger partial charge in [0.1, 0.15) is 5.25 Å². The zero-order valence-corrected chi connectivity index (χ0v) is 8.90. The maximum atomic E-state index is 13.4. The molecule has 0 bridgehead atoms. The average Bonchev–Trinajstić information content (AvgIpc) is 2.02. The number of unbranched alkanes of at least 4 members (excludes halogenated alkanes) is 2. The van der Waals surface area contributed by atoms with Crippen LogP contribution < -0.4 is 0 Å². The molecule has 4 heteroatoms. The van der Waals surface area contributed by atoms with Gasteiger partial charge in [0.05, 0.1) is 12.1 Å². The van der Waals surface area contributed by atoms with Crippen LogP contribution >= 0.6 is 10.4 Å². The molecule has 0 amide bonds. The lowest BCUT2D eigenvalue weighted by Crippen LogP contribution is -2.10. The summed E-state index contributed by atoms with van der Waals surface area (Å²) in [5.74, 6) is 0. The van der Waals surface area contributed by atoms with Crippen molar-refractivity contribution in [1.82, 2.24) is 0 Å². The summed E-state index contributed by atoms with van der Waals surface area (Å²) in [5, 5.41) is 16.5. The molecule has 0 aromatic heterocycles. The standard InChI is InChI=1S/C9H15FN2S/c1-13(2,10)9(8-12)6-4-3-5-7-11/h9H,3-6H2,1-2H3. The average molecular weight is 202 g/mol. The fraction of sp³-hybridized carbons (Fsp3) is 0.778. The molecule has 0 saturated carbocycles. The normalized spacial score (nSPS) is 14.2. The Morgan fingerprint density at radius 2 is 1.92 bits per heavy atom. The van der Waals surface area contributed by atoms with Gasteiger partial charge in [-0.25, -0.2) is 0 Å². The van der Waals surface area contributed by atoms with Gasteiger partial charge in [-0.3, -0.25) is 0 Å². The van der Waals surface area contributed by atoms with Crippen molar-refractivity contribution in [3.05, 3.63) is 0 Å². The van der Waals surface area contributed by atoms with E-state index in [9.17, 15) is 3.89 Å². The van der Waals surface area contributed by atoms with Crippen molar-refractivity contribution < 1.29 is 3.89 Å². The molecule has 0 radical (unpaired) electrons. The minimum atomic E-state index is -2.25. The molecule has 13 heavy (non-hydrogen) atoms. The highest BCUT2D eigenvalue weighted by atomic mass is 32.3. The lowest BCUT2D eigenvalue weighted by molar-refractivity contribution is 0.697. The molecule has 0 rings (SSSR count). The predicted octanol–water partition coefficient (Wildman–Crippen LogP) is 2.91. The Labute approximate surface area is 81.0 Å². The highest BCUT2D eigenvalue weighted by molar-refractivity contribution is 8.29. The monoisotopic (exact) mass is 202 g/mol. The Hall–Kier alpha value is -0.740. The topological polar surface area (TPSA) is 47.6 Å². The zero-order valence-electron chi connectivity index (χ0n) is 8.09. The van der Waals surface area contributed by atoms with E-state index in [1.807, 2.05) is 12.1 Å². The molecule has 0 aromatic carbocycles. The molecule has 74 valence electrons. The SMILES string of the molecule is CS(C)(F)C(C#N)CCCCC#N. The molecule has 0 aliphatic rings. The molecular formula is C9H15FN2S. The molecule has 1 atom stereocenters. The molecule has 0 aromatic rings. The van der Waals surface area contributed by atoms with E-state index in [-0.39, 0.29) is 0 Å². The third-order valence-corrected chi connectivity index (χ3v) is 3.52. The van der Waals surface area contributed by atoms with E-state index >= 15 is 0 Å². The van der Waals surface area contributed by atoms with Crippen LogP contribution in [0, 0.1) is 22.7 Å². The largest absolute Gasteiger partial charge is 0.198 e. The van der Waals surface area contributed by atoms with Crippen LogP contribution in [0.3, 0.4) is 0 Å². The summed E-state index contributed by atoms with van der Waals surface area (Å²) in [6, 6.07) is 4.03. The van der Waals surface area contributed by atoms with Crippen LogP contribution in [0.4, 0.5) is 3.89 Å². The van der Waals surface area contributed by atoms with Gasteiger partial charge in [-0.1, -0.05) is 16.8 Å². The smallest absolute Gasteiger partial charge is 0.101 e. The molecule has 0 fully saturated rings. The van der Waals surface area contributed by atoms with Crippen LogP contribution in [-0.2, 0) is 0 Å². The van der Waals surface area contributed by atoms with Gasteiger partial charge in [0.25, 0.3) is 0 Å². The molecule has 0 aliphatic heterocycles. The van der Waals surface area contributed by atoms with Crippen molar-refractivity contribution in [3.63, 3.8) is 0 Å². The van der Waals surface area contributed by atoms with E-state index in [0.29, 0.717) is 12.8 Å². The van der Waals surface area contributed by atoms with Gasteiger partial charge in [0, 0.05) is 6.42 Å². The maximum absolute atomic E-state index is 13.4. The van der Waals surface area contributed by atoms with Crippen LogP contribution in [0.5, 0.6) is 0 Å². The fourth-order valence-electron chi connectivity index (χ4n) is 1.00. The Balaban J connectivity index is 3.77. The summed E-state index contributed by atoms with van der Waals surface area (Å²) in [6.45, 7) is 0. The lowest BCUT2D eigenvalue weighted by Gasteiger charge is -2.25. The molecule has 0 heterocycles. The molecule has 0 aliphatic carbocycles. The van der Waals surface area contributed by atoms with Crippen molar-refractivity contribution in [2.75, 3.05) is 12.5 Å². The second-order valence-corrected chi connectivity index (χ2v) is 6.42. The summed E-state index contributed by atoms with van der Waals surface area (Å²) in [7, 11) is -2.25. The van der Waals surface area contributed by atoms with Crippen molar-refractivity contribution >= 4 is 10.4 Å². The van der Waals surface area contributed by atoms with Crippen LogP contribution in [0.2, 0.25) is 0 Å². The van der Waals surface area contributed by atoms with E-state index in [2.05, 4.69) is 0 Å². The fourth-order valence-corrected chi connectivity index (χ4v) is 1.98. The number of halogens is 1. The summed E-state index contributed by atoms with van der Waals surface area (Å²) in [5.41, 5.74) is 0. The first-order chi connectivity index (χ1) is 6.02. The summed E-state index contributed by atoms with van der Waals surface area (Å²) >= 11 is 0. The highest BCUT2D eigenvalue weighted by Crippen LogP contribution is 2.48. The number of nitriles is 2.